The summed E-state index contributed by atoms with van der Waals surface area (Å²) in [6.45, 7) is 7.60. The number of likely N-dealkylation sites (tertiary alicyclic amines) is 1. The highest BCUT2D eigenvalue weighted by Crippen LogP contribution is 2.39. The number of aromatic nitrogens is 1. The van der Waals surface area contributed by atoms with Crippen LogP contribution >= 0.6 is 0 Å². The zero-order valence-electron chi connectivity index (χ0n) is 14.9. The molecule has 3 rings (SSSR count). The summed E-state index contributed by atoms with van der Waals surface area (Å²) in [6.07, 6.45) is 3.85. The maximum Gasteiger partial charge on any atom is 0.222 e. The molecule has 0 bridgehead atoms. The largest absolute Gasteiger partial charge is 0.395 e. The van der Waals surface area contributed by atoms with Crippen LogP contribution in [-0.2, 0) is 4.79 Å². The number of amides is 1. The van der Waals surface area contributed by atoms with E-state index in [2.05, 4.69) is 36.9 Å². The SMILES string of the molecule is CC(C)c1cccc(N2CCCC3(CCC(=O)N(CCO)C3)C2)n1. The molecule has 1 aromatic rings. The Hall–Kier alpha value is -1.62. The summed E-state index contributed by atoms with van der Waals surface area (Å²) < 4.78 is 0. The summed E-state index contributed by atoms with van der Waals surface area (Å²) in [5.74, 6) is 1.67. The molecule has 1 spiro atoms. The standard InChI is InChI=1S/C19H29N3O2/c1-15(2)16-5-3-6-17(20-16)21-10-4-8-19(13-21)9-7-18(24)22(14-19)11-12-23/h3,5-6,15,23H,4,7-14H2,1-2H3. The van der Waals surface area contributed by atoms with Crippen molar-refractivity contribution in [2.45, 2.75) is 45.4 Å². The van der Waals surface area contributed by atoms with Crippen LogP contribution in [0.5, 0.6) is 0 Å². The molecule has 1 atom stereocenters. The van der Waals surface area contributed by atoms with Gasteiger partial charge in [0.15, 0.2) is 0 Å². The monoisotopic (exact) mass is 331 g/mol. The van der Waals surface area contributed by atoms with Crippen LogP contribution in [0, 0.1) is 5.41 Å². The van der Waals surface area contributed by atoms with E-state index in [9.17, 15) is 9.90 Å². The van der Waals surface area contributed by atoms with Gasteiger partial charge in [0, 0.05) is 43.7 Å². The van der Waals surface area contributed by atoms with E-state index in [1.165, 1.54) is 0 Å². The van der Waals surface area contributed by atoms with Gasteiger partial charge in [-0.05, 0) is 37.3 Å². The van der Waals surface area contributed by atoms with Crippen LogP contribution < -0.4 is 4.90 Å². The van der Waals surface area contributed by atoms with Gasteiger partial charge in [-0.25, -0.2) is 4.98 Å². The lowest BCUT2D eigenvalue weighted by atomic mass is 9.73. The number of β-amino-alcohol motifs (C(OH)–C–C–N with tert-alkyl or cyclic N) is 1. The number of piperidine rings is 2. The van der Waals surface area contributed by atoms with Crippen LogP contribution in [0.1, 0.15) is 51.1 Å². The topological polar surface area (TPSA) is 56.7 Å². The molecule has 2 saturated heterocycles. The molecule has 3 heterocycles. The fourth-order valence-corrected chi connectivity index (χ4v) is 4.10. The van der Waals surface area contributed by atoms with Crippen LogP contribution in [0.15, 0.2) is 18.2 Å². The highest BCUT2D eigenvalue weighted by molar-refractivity contribution is 5.77. The molecular formula is C19H29N3O2. The number of pyridine rings is 1. The maximum atomic E-state index is 12.1. The van der Waals surface area contributed by atoms with Crippen molar-refractivity contribution >= 4 is 11.7 Å². The van der Waals surface area contributed by atoms with Gasteiger partial charge in [-0.2, -0.15) is 0 Å². The van der Waals surface area contributed by atoms with Gasteiger partial charge < -0.3 is 14.9 Å². The summed E-state index contributed by atoms with van der Waals surface area (Å²) in [6, 6.07) is 6.29. The highest BCUT2D eigenvalue weighted by Gasteiger charge is 2.41. The van der Waals surface area contributed by atoms with E-state index in [-0.39, 0.29) is 17.9 Å². The second kappa shape index (κ2) is 7.09. The lowest BCUT2D eigenvalue weighted by molar-refractivity contribution is -0.138. The lowest BCUT2D eigenvalue weighted by Gasteiger charge is -2.48. The predicted octanol–water partition coefficient (Wildman–Crippen LogP) is 2.41. The van der Waals surface area contributed by atoms with Crippen LogP contribution in [0.3, 0.4) is 0 Å². The Labute approximate surface area is 144 Å². The number of carbonyl (C=O) groups excluding carboxylic acids is 1. The van der Waals surface area contributed by atoms with Crippen molar-refractivity contribution in [3.05, 3.63) is 23.9 Å². The zero-order valence-corrected chi connectivity index (χ0v) is 14.9. The van der Waals surface area contributed by atoms with Crippen LogP contribution in [-0.4, -0.2) is 53.7 Å². The second-order valence-electron chi connectivity index (χ2n) is 7.64. The fraction of sp³-hybridized carbons (Fsp3) is 0.684. The molecule has 1 unspecified atom stereocenters. The van der Waals surface area contributed by atoms with Gasteiger partial charge in [0.2, 0.25) is 5.91 Å². The number of carbonyl (C=O) groups is 1. The number of hydrogen-bond donors (Lipinski definition) is 1. The summed E-state index contributed by atoms with van der Waals surface area (Å²) in [5.41, 5.74) is 1.28. The molecule has 2 aliphatic heterocycles. The average molecular weight is 331 g/mol. The van der Waals surface area contributed by atoms with E-state index in [1.807, 2.05) is 4.90 Å². The Morgan fingerprint density at radius 1 is 1.29 bits per heavy atom. The molecule has 5 heteroatoms. The minimum absolute atomic E-state index is 0.0452. The lowest BCUT2D eigenvalue weighted by Crippen LogP contribution is -2.54. The summed E-state index contributed by atoms with van der Waals surface area (Å²) in [4.78, 5) is 21.2. The first kappa shape index (κ1) is 17.2. The van der Waals surface area contributed by atoms with Crippen molar-refractivity contribution in [3.8, 4) is 0 Å². The summed E-state index contributed by atoms with van der Waals surface area (Å²) in [5, 5.41) is 9.22. The molecule has 1 amide bonds. The van der Waals surface area contributed by atoms with Crippen molar-refractivity contribution in [2.75, 3.05) is 37.7 Å². The van der Waals surface area contributed by atoms with Gasteiger partial charge >= 0.3 is 0 Å². The Balaban J connectivity index is 1.76. The van der Waals surface area contributed by atoms with Gasteiger partial charge in [0.25, 0.3) is 0 Å². The molecular weight excluding hydrogens is 302 g/mol. The minimum atomic E-state index is 0.0452. The van der Waals surface area contributed by atoms with E-state index in [4.69, 9.17) is 4.98 Å². The first-order valence-electron chi connectivity index (χ1n) is 9.13. The third-order valence-electron chi connectivity index (χ3n) is 5.45. The molecule has 132 valence electrons. The third kappa shape index (κ3) is 3.56. The van der Waals surface area contributed by atoms with E-state index < -0.39 is 0 Å². The molecule has 24 heavy (non-hydrogen) atoms. The molecule has 1 aromatic heterocycles. The van der Waals surface area contributed by atoms with Crippen molar-refractivity contribution < 1.29 is 9.90 Å². The van der Waals surface area contributed by atoms with Gasteiger partial charge in [0.05, 0.1) is 6.61 Å². The van der Waals surface area contributed by atoms with Crippen molar-refractivity contribution in [1.29, 1.82) is 0 Å². The summed E-state index contributed by atoms with van der Waals surface area (Å²) >= 11 is 0. The van der Waals surface area contributed by atoms with Gasteiger partial charge in [-0.15, -0.1) is 0 Å². The van der Waals surface area contributed by atoms with Crippen molar-refractivity contribution in [3.63, 3.8) is 0 Å². The molecule has 0 aliphatic carbocycles. The maximum absolute atomic E-state index is 12.1. The number of aliphatic hydroxyl groups excluding tert-OH is 1. The van der Waals surface area contributed by atoms with E-state index in [1.54, 1.807) is 0 Å². The number of anilines is 1. The fourth-order valence-electron chi connectivity index (χ4n) is 4.10. The number of rotatable bonds is 4. The van der Waals surface area contributed by atoms with E-state index in [0.29, 0.717) is 18.9 Å². The molecule has 1 N–H and O–H groups in total. The van der Waals surface area contributed by atoms with Crippen molar-refractivity contribution in [1.82, 2.24) is 9.88 Å². The Morgan fingerprint density at radius 2 is 2.12 bits per heavy atom. The molecule has 0 radical (unpaired) electrons. The quantitative estimate of drug-likeness (QED) is 0.920. The number of nitrogens with zero attached hydrogens (tertiary/aromatic N) is 3. The zero-order chi connectivity index (χ0) is 17.2. The van der Waals surface area contributed by atoms with Crippen LogP contribution in [0.4, 0.5) is 5.82 Å². The Morgan fingerprint density at radius 3 is 2.88 bits per heavy atom. The van der Waals surface area contributed by atoms with E-state index >= 15 is 0 Å². The van der Waals surface area contributed by atoms with Crippen molar-refractivity contribution in [2.24, 2.45) is 5.41 Å². The van der Waals surface area contributed by atoms with Crippen LogP contribution in [0.2, 0.25) is 0 Å². The predicted molar refractivity (Wildman–Crippen MR) is 95.1 cm³/mol. The van der Waals surface area contributed by atoms with Gasteiger partial charge in [-0.3, -0.25) is 4.79 Å². The highest BCUT2D eigenvalue weighted by atomic mass is 16.3. The minimum Gasteiger partial charge on any atom is -0.395 e. The van der Waals surface area contributed by atoms with E-state index in [0.717, 1.165) is 50.4 Å². The molecule has 2 aliphatic rings. The molecule has 5 nitrogen and oxygen atoms in total. The summed E-state index contributed by atoms with van der Waals surface area (Å²) in [7, 11) is 0. The van der Waals surface area contributed by atoms with Gasteiger partial charge in [-0.1, -0.05) is 19.9 Å². The Kier molecular flexibility index (Phi) is 5.09. The first-order valence-corrected chi connectivity index (χ1v) is 9.13. The first-order chi connectivity index (χ1) is 11.5. The number of aliphatic hydroxyl groups is 1. The normalized spacial score (nSPS) is 24.9. The van der Waals surface area contributed by atoms with Gasteiger partial charge in [0.1, 0.15) is 5.82 Å². The molecule has 0 aromatic carbocycles. The Bertz CT molecular complexity index is 590. The van der Waals surface area contributed by atoms with Crippen LogP contribution in [0.25, 0.3) is 0 Å². The second-order valence-corrected chi connectivity index (χ2v) is 7.64. The third-order valence-corrected chi connectivity index (χ3v) is 5.45. The number of hydrogen-bond acceptors (Lipinski definition) is 4. The molecule has 0 saturated carbocycles. The smallest absolute Gasteiger partial charge is 0.222 e. The average Bonchev–Trinajstić information content (AvgIpc) is 2.59. The molecule has 2 fully saturated rings.